The molecule has 0 radical (unpaired) electrons. The summed E-state index contributed by atoms with van der Waals surface area (Å²) in [6.45, 7) is 2.83. The van der Waals surface area contributed by atoms with Crippen molar-refractivity contribution >= 4 is 27.5 Å². The molecule has 2 rings (SSSR count). The van der Waals surface area contributed by atoms with E-state index in [0.717, 1.165) is 12.0 Å². The lowest BCUT2D eigenvalue weighted by atomic mass is 10.1. The van der Waals surface area contributed by atoms with Gasteiger partial charge in [-0.2, -0.15) is 0 Å². The third-order valence-electron chi connectivity index (χ3n) is 3.89. The lowest BCUT2D eigenvalue weighted by Crippen LogP contribution is -2.25. The minimum atomic E-state index is -3.71. The highest BCUT2D eigenvalue weighted by atomic mass is 35.5. The highest BCUT2D eigenvalue weighted by Crippen LogP contribution is 2.36. The topological polar surface area (TPSA) is 108 Å². The van der Waals surface area contributed by atoms with Gasteiger partial charge in [0.1, 0.15) is 0 Å². The Hall–Kier alpha value is -2.29. The second-order valence-electron chi connectivity index (χ2n) is 6.03. The van der Waals surface area contributed by atoms with Crippen molar-refractivity contribution in [3.63, 3.8) is 0 Å². The largest absolute Gasteiger partial charge is 0.493 e. The number of hydrogen-bond donors (Lipinski definition) is 2. The first kappa shape index (κ1) is 22.0. The number of benzene rings is 2. The van der Waals surface area contributed by atoms with Gasteiger partial charge in [-0.05, 0) is 42.7 Å². The van der Waals surface area contributed by atoms with Crippen LogP contribution in [-0.2, 0) is 16.4 Å². The van der Waals surface area contributed by atoms with Crippen molar-refractivity contribution in [2.75, 3.05) is 20.3 Å². The fourth-order valence-corrected chi connectivity index (χ4v) is 3.24. The normalized spacial score (nSPS) is 11.1. The highest BCUT2D eigenvalue weighted by Gasteiger charge is 2.16. The zero-order chi connectivity index (χ0) is 20.7. The number of hydrogen-bond acceptors (Lipinski definition) is 5. The van der Waals surface area contributed by atoms with Crippen LogP contribution >= 0.6 is 11.6 Å². The molecule has 0 atom stereocenters. The van der Waals surface area contributed by atoms with Crippen LogP contribution in [0.1, 0.15) is 29.3 Å². The molecule has 152 valence electrons. The molecule has 28 heavy (non-hydrogen) atoms. The summed E-state index contributed by atoms with van der Waals surface area (Å²) in [7, 11) is -2.23. The molecular weight excluding hydrogens is 404 g/mol. The van der Waals surface area contributed by atoms with E-state index in [9.17, 15) is 13.2 Å². The van der Waals surface area contributed by atoms with E-state index in [-0.39, 0.29) is 10.8 Å². The molecule has 0 fully saturated rings. The molecule has 0 aliphatic carbocycles. The lowest BCUT2D eigenvalue weighted by Gasteiger charge is -2.14. The molecule has 0 aliphatic rings. The van der Waals surface area contributed by atoms with Gasteiger partial charge in [0.15, 0.2) is 11.5 Å². The number of carbonyl (C=O) groups excluding carboxylic acids is 1. The molecule has 0 spiro atoms. The van der Waals surface area contributed by atoms with Gasteiger partial charge in [0.05, 0.1) is 23.6 Å². The molecule has 1 amide bonds. The Morgan fingerprint density at radius 2 is 1.89 bits per heavy atom. The molecule has 3 N–H and O–H groups in total. The molecule has 7 nitrogen and oxygen atoms in total. The van der Waals surface area contributed by atoms with E-state index in [0.29, 0.717) is 41.7 Å². The van der Waals surface area contributed by atoms with E-state index in [1.54, 1.807) is 18.2 Å². The summed E-state index contributed by atoms with van der Waals surface area (Å²) in [4.78, 5) is 12.5. The summed E-state index contributed by atoms with van der Waals surface area (Å²) in [6, 6.07) is 9.30. The monoisotopic (exact) mass is 426 g/mol. The number of carbonyl (C=O) groups is 1. The van der Waals surface area contributed by atoms with Gasteiger partial charge >= 0.3 is 0 Å². The Bertz CT molecular complexity index is 930. The van der Waals surface area contributed by atoms with Crippen LogP contribution in [0.25, 0.3) is 0 Å². The van der Waals surface area contributed by atoms with E-state index in [1.165, 1.54) is 25.3 Å². The van der Waals surface area contributed by atoms with Gasteiger partial charge in [-0.3, -0.25) is 4.79 Å². The molecule has 0 saturated carbocycles. The average molecular weight is 427 g/mol. The van der Waals surface area contributed by atoms with Crippen molar-refractivity contribution < 1.29 is 22.7 Å². The number of nitrogens with two attached hydrogens (primary N) is 1. The molecular formula is C19H23ClN2O5S. The molecule has 0 saturated heterocycles. The van der Waals surface area contributed by atoms with Crippen molar-refractivity contribution in [3.8, 4) is 11.5 Å². The Morgan fingerprint density at radius 3 is 2.46 bits per heavy atom. The molecule has 0 bridgehead atoms. The summed E-state index contributed by atoms with van der Waals surface area (Å²) in [6.07, 6.45) is 1.35. The van der Waals surface area contributed by atoms with Crippen LogP contribution in [0, 0.1) is 0 Å². The molecule has 0 aromatic heterocycles. The first-order valence-corrected chi connectivity index (χ1v) is 10.6. The van der Waals surface area contributed by atoms with E-state index in [4.69, 9.17) is 26.2 Å². The summed E-state index contributed by atoms with van der Waals surface area (Å²) in [5.74, 6) is 0.505. The Kier molecular flexibility index (Phi) is 7.68. The third kappa shape index (κ3) is 5.85. The van der Waals surface area contributed by atoms with E-state index >= 15 is 0 Å². The van der Waals surface area contributed by atoms with Crippen LogP contribution in [0.3, 0.4) is 0 Å². The molecule has 2 aromatic rings. The number of nitrogens with one attached hydrogen (secondary N) is 1. The number of methoxy groups -OCH3 is 1. The molecule has 9 heteroatoms. The van der Waals surface area contributed by atoms with Crippen molar-refractivity contribution in [1.29, 1.82) is 0 Å². The maximum atomic E-state index is 12.4. The van der Waals surface area contributed by atoms with Crippen molar-refractivity contribution in [3.05, 3.63) is 52.5 Å². The highest BCUT2D eigenvalue weighted by molar-refractivity contribution is 7.89. The number of primary sulfonamides is 1. The predicted octanol–water partition coefficient (Wildman–Crippen LogP) is 2.76. The first-order valence-electron chi connectivity index (χ1n) is 8.66. The van der Waals surface area contributed by atoms with E-state index in [2.05, 4.69) is 5.32 Å². The maximum absolute atomic E-state index is 12.4. The van der Waals surface area contributed by atoms with Crippen molar-refractivity contribution in [1.82, 2.24) is 5.32 Å². The predicted molar refractivity (Wildman–Crippen MR) is 108 cm³/mol. The molecule has 2 aromatic carbocycles. The fraction of sp³-hybridized carbons (Fsp3) is 0.316. The van der Waals surface area contributed by atoms with E-state index in [1.807, 2.05) is 6.92 Å². The number of halogens is 1. The van der Waals surface area contributed by atoms with Gasteiger partial charge < -0.3 is 14.8 Å². The fourth-order valence-electron chi connectivity index (χ4n) is 2.46. The molecule has 0 aliphatic heterocycles. The van der Waals surface area contributed by atoms with Crippen LogP contribution in [0.15, 0.2) is 41.3 Å². The minimum Gasteiger partial charge on any atom is -0.493 e. The van der Waals surface area contributed by atoms with Crippen molar-refractivity contribution in [2.45, 2.75) is 24.7 Å². The van der Waals surface area contributed by atoms with Crippen LogP contribution in [0.5, 0.6) is 11.5 Å². The quantitative estimate of drug-likeness (QED) is 0.641. The Labute approximate surface area is 169 Å². The minimum absolute atomic E-state index is 0.0485. The molecule has 0 heterocycles. The van der Waals surface area contributed by atoms with Crippen LogP contribution in [0.2, 0.25) is 5.02 Å². The van der Waals surface area contributed by atoms with Gasteiger partial charge in [0.25, 0.3) is 5.91 Å². The van der Waals surface area contributed by atoms with Crippen molar-refractivity contribution in [2.24, 2.45) is 5.14 Å². The van der Waals surface area contributed by atoms with E-state index < -0.39 is 10.0 Å². The lowest BCUT2D eigenvalue weighted by molar-refractivity contribution is 0.0953. The average Bonchev–Trinajstić information content (AvgIpc) is 2.66. The van der Waals surface area contributed by atoms with Crippen LogP contribution in [-0.4, -0.2) is 34.6 Å². The second kappa shape index (κ2) is 9.77. The number of rotatable bonds is 9. The van der Waals surface area contributed by atoms with Gasteiger partial charge in [0, 0.05) is 12.1 Å². The third-order valence-corrected chi connectivity index (χ3v) is 5.10. The SMILES string of the molecule is CCCOc1c(Cl)cc(C(=O)NCCc2ccc(S(N)(=O)=O)cc2)cc1OC. The van der Waals surface area contributed by atoms with Crippen LogP contribution in [0.4, 0.5) is 0 Å². The Morgan fingerprint density at radius 1 is 1.21 bits per heavy atom. The first-order chi connectivity index (χ1) is 13.3. The standard InChI is InChI=1S/C19H23ClN2O5S/c1-3-10-27-18-16(20)11-14(12-17(18)26-2)19(23)22-9-8-13-4-6-15(7-5-13)28(21,24)25/h4-7,11-12H,3,8-10H2,1-2H3,(H,22,23)(H2,21,24,25). The van der Waals surface area contributed by atoms with Gasteiger partial charge in [-0.15, -0.1) is 0 Å². The Balaban J connectivity index is 2.00. The van der Waals surface area contributed by atoms with Gasteiger partial charge in [-0.1, -0.05) is 30.7 Å². The number of sulfonamides is 1. The molecule has 0 unspecified atom stereocenters. The maximum Gasteiger partial charge on any atom is 0.251 e. The summed E-state index contributed by atoms with van der Waals surface area (Å²) in [5, 5.41) is 8.17. The summed E-state index contributed by atoms with van der Waals surface area (Å²) in [5.41, 5.74) is 1.22. The zero-order valence-electron chi connectivity index (χ0n) is 15.7. The number of ether oxygens (including phenoxy) is 2. The number of amides is 1. The van der Waals surface area contributed by atoms with Gasteiger partial charge in [0.2, 0.25) is 10.0 Å². The van der Waals surface area contributed by atoms with Crippen LogP contribution < -0.4 is 19.9 Å². The summed E-state index contributed by atoms with van der Waals surface area (Å²) >= 11 is 6.23. The second-order valence-corrected chi connectivity index (χ2v) is 8.00. The smallest absolute Gasteiger partial charge is 0.251 e. The van der Waals surface area contributed by atoms with Gasteiger partial charge in [-0.25, -0.2) is 13.6 Å². The zero-order valence-corrected chi connectivity index (χ0v) is 17.3. The summed E-state index contributed by atoms with van der Waals surface area (Å²) < 4.78 is 33.4.